The van der Waals surface area contributed by atoms with Crippen LogP contribution in [0.4, 0.5) is 5.13 Å². The first-order valence-electron chi connectivity index (χ1n) is 7.77. The maximum absolute atomic E-state index is 11.2. The lowest BCUT2D eigenvalue weighted by molar-refractivity contribution is -0.142. The van der Waals surface area contributed by atoms with Crippen LogP contribution in [0.3, 0.4) is 0 Å². The molecule has 2 N–H and O–H groups in total. The van der Waals surface area contributed by atoms with Crippen LogP contribution in [-0.2, 0) is 16.1 Å². The van der Waals surface area contributed by atoms with Crippen molar-refractivity contribution in [2.75, 3.05) is 37.7 Å². The van der Waals surface area contributed by atoms with E-state index in [9.17, 15) is 9.90 Å². The number of carboxylic acids is 1. The van der Waals surface area contributed by atoms with Gasteiger partial charge in [-0.25, -0.2) is 4.98 Å². The van der Waals surface area contributed by atoms with Gasteiger partial charge in [-0.05, 0) is 12.3 Å². The molecule has 1 aliphatic rings. The van der Waals surface area contributed by atoms with Gasteiger partial charge in [0.05, 0.1) is 19.1 Å². The van der Waals surface area contributed by atoms with E-state index in [0.29, 0.717) is 25.4 Å². The third-order valence-corrected chi connectivity index (χ3v) is 4.68. The molecule has 0 radical (unpaired) electrons. The topological polar surface area (TPSA) is 74.7 Å². The smallest absolute Gasteiger partial charge is 0.307 e. The molecule has 0 saturated carbocycles. The van der Waals surface area contributed by atoms with E-state index < -0.39 is 5.97 Å². The number of aliphatic carboxylic acids is 1. The quantitative estimate of drug-likeness (QED) is 0.758. The molecule has 2 heterocycles. The lowest BCUT2D eigenvalue weighted by Gasteiger charge is -2.25. The third kappa shape index (κ3) is 5.23. The SMILES string of the molecule is CC(C)CC(CNCc1cnc(N2CCOCC2)s1)C(=O)O. The Hall–Kier alpha value is -1.18. The molecule has 7 heteroatoms. The van der Waals surface area contributed by atoms with E-state index >= 15 is 0 Å². The fraction of sp³-hybridized carbons (Fsp3) is 0.733. The van der Waals surface area contributed by atoms with Gasteiger partial charge in [0, 0.05) is 37.3 Å². The number of morpholine rings is 1. The fourth-order valence-electron chi connectivity index (χ4n) is 2.49. The fourth-order valence-corrected chi connectivity index (χ4v) is 3.42. The van der Waals surface area contributed by atoms with Gasteiger partial charge < -0.3 is 20.1 Å². The van der Waals surface area contributed by atoms with Gasteiger partial charge in [-0.2, -0.15) is 0 Å². The number of carbonyl (C=O) groups is 1. The molecule has 22 heavy (non-hydrogen) atoms. The van der Waals surface area contributed by atoms with E-state index in [1.54, 1.807) is 11.3 Å². The number of nitrogens with one attached hydrogen (secondary N) is 1. The van der Waals surface area contributed by atoms with Crippen LogP contribution < -0.4 is 10.2 Å². The summed E-state index contributed by atoms with van der Waals surface area (Å²) >= 11 is 1.66. The Morgan fingerprint density at radius 2 is 2.23 bits per heavy atom. The van der Waals surface area contributed by atoms with E-state index in [0.717, 1.165) is 36.3 Å². The van der Waals surface area contributed by atoms with Crippen LogP contribution in [0.15, 0.2) is 6.20 Å². The molecular weight excluding hydrogens is 302 g/mol. The number of nitrogens with zero attached hydrogens (tertiary/aromatic N) is 2. The summed E-state index contributed by atoms with van der Waals surface area (Å²) in [5.74, 6) is -0.662. The molecule has 0 spiro atoms. The summed E-state index contributed by atoms with van der Waals surface area (Å²) in [5.41, 5.74) is 0. The Balaban J connectivity index is 1.79. The van der Waals surface area contributed by atoms with Crippen molar-refractivity contribution in [2.45, 2.75) is 26.8 Å². The highest BCUT2D eigenvalue weighted by atomic mass is 32.1. The number of aromatic nitrogens is 1. The molecule has 1 atom stereocenters. The average Bonchev–Trinajstić information content (AvgIpc) is 2.95. The van der Waals surface area contributed by atoms with Crippen molar-refractivity contribution in [3.05, 3.63) is 11.1 Å². The number of rotatable bonds is 8. The monoisotopic (exact) mass is 327 g/mol. The maximum atomic E-state index is 11.2. The van der Waals surface area contributed by atoms with Crippen LogP contribution in [0.25, 0.3) is 0 Å². The molecule has 0 aliphatic carbocycles. The number of hydrogen-bond donors (Lipinski definition) is 2. The molecule has 0 bridgehead atoms. The zero-order chi connectivity index (χ0) is 15.9. The molecule has 2 rings (SSSR count). The van der Waals surface area contributed by atoms with Gasteiger partial charge in [0.2, 0.25) is 0 Å². The lowest BCUT2D eigenvalue weighted by atomic mass is 9.97. The summed E-state index contributed by atoms with van der Waals surface area (Å²) in [7, 11) is 0. The van der Waals surface area contributed by atoms with Gasteiger partial charge in [0.25, 0.3) is 0 Å². The summed E-state index contributed by atoms with van der Waals surface area (Å²) < 4.78 is 5.34. The summed E-state index contributed by atoms with van der Waals surface area (Å²) in [6, 6.07) is 0. The van der Waals surface area contributed by atoms with E-state index in [2.05, 4.69) is 15.2 Å². The minimum Gasteiger partial charge on any atom is -0.481 e. The highest BCUT2D eigenvalue weighted by molar-refractivity contribution is 7.15. The maximum Gasteiger partial charge on any atom is 0.307 e. The predicted molar refractivity (Wildman–Crippen MR) is 87.4 cm³/mol. The standard InChI is InChI=1S/C15H25N3O3S/c1-11(2)7-12(14(19)20)8-16-9-13-10-17-15(22-13)18-3-5-21-6-4-18/h10-12,16H,3-9H2,1-2H3,(H,19,20). The van der Waals surface area contributed by atoms with Crippen LogP contribution >= 0.6 is 11.3 Å². The zero-order valence-electron chi connectivity index (χ0n) is 13.2. The third-order valence-electron chi connectivity index (χ3n) is 3.62. The largest absolute Gasteiger partial charge is 0.481 e. The Labute approximate surface area is 135 Å². The minimum absolute atomic E-state index is 0.327. The van der Waals surface area contributed by atoms with Gasteiger partial charge in [0.1, 0.15) is 0 Å². The van der Waals surface area contributed by atoms with Gasteiger partial charge in [-0.3, -0.25) is 4.79 Å². The predicted octanol–water partition coefficient (Wildman–Crippen LogP) is 1.82. The van der Waals surface area contributed by atoms with Crippen LogP contribution in [0.1, 0.15) is 25.1 Å². The molecule has 1 aromatic rings. The summed E-state index contributed by atoms with van der Waals surface area (Å²) in [5, 5.41) is 13.5. The molecule has 1 aromatic heterocycles. The normalized spacial score (nSPS) is 17.0. The van der Waals surface area contributed by atoms with Crippen LogP contribution in [0.2, 0.25) is 0 Å². The van der Waals surface area contributed by atoms with Gasteiger partial charge in [-0.15, -0.1) is 11.3 Å². The van der Waals surface area contributed by atoms with Crippen LogP contribution in [-0.4, -0.2) is 48.9 Å². The van der Waals surface area contributed by atoms with Gasteiger partial charge in [-0.1, -0.05) is 13.8 Å². The second-order valence-corrected chi connectivity index (χ2v) is 7.10. The van der Waals surface area contributed by atoms with Crippen molar-refractivity contribution < 1.29 is 14.6 Å². The minimum atomic E-state index is -0.723. The van der Waals surface area contributed by atoms with Crippen LogP contribution in [0, 0.1) is 11.8 Å². The highest BCUT2D eigenvalue weighted by Gasteiger charge is 2.19. The number of thiazole rings is 1. The zero-order valence-corrected chi connectivity index (χ0v) is 14.1. The summed E-state index contributed by atoms with van der Waals surface area (Å²) in [4.78, 5) is 19.0. The first-order valence-corrected chi connectivity index (χ1v) is 8.59. The Morgan fingerprint density at radius 1 is 1.50 bits per heavy atom. The van der Waals surface area contributed by atoms with Crippen molar-refractivity contribution in [3.63, 3.8) is 0 Å². The molecule has 1 aliphatic heterocycles. The molecule has 0 aromatic carbocycles. The summed E-state index contributed by atoms with van der Waals surface area (Å²) in [6.45, 7) is 8.54. The molecule has 1 fully saturated rings. The number of hydrogen-bond acceptors (Lipinski definition) is 6. The van der Waals surface area contributed by atoms with Crippen molar-refractivity contribution in [3.8, 4) is 0 Å². The number of carboxylic acid groups (broad SMARTS) is 1. The molecule has 124 valence electrons. The van der Waals surface area contributed by atoms with Gasteiger partial charge >= 0.3 is 5.97 Å². The average molecular weight is 327 g/mol. The summed E-state index contributed by atoms with van der Waals surface area (Å²) in [6.07, 6.45) is 2.57. The Morgan fingerprint density at radius 3 is 2.86 bits per heavy atom. The van der Waals surface area contributed by atoms with E-state index in [1.807, 2.05) is 20.0 Å². The van der Waals surface area contributed by atoms with Crippen LogP contribution in [0.5, 0.6) is 0 Å². The van der Waals surface area contributed by atoms with E-state index in [1.165, 1.54) is 0 Å². The molecule has 6 nitrogen and oxygen atoms in total. The van der Waals surface area contributed by atoms with E-state index in [-0.39, 0.29) is 5.92 Å². The Kier molecular flexibility index (Phi) is 6.60. The number of anilines is 1. The van der Waals surface area contributed by atoms with Crippen molar-refractivity contribution >= 4 is 22.4 Å². The molecule has 1 unspecified atom stereocenters. The van der Waals surface area contributed by atoms with Crippen molar-refractivity contribution in [1.29, 1.82) is 0 Å². The highest BCUT2D eigenvalue weighted by Crippen LogP contribution is 2.23. The van der Waals surface area contributed by atoms with Crippen molar-refractivity contribution in [1.82, 2.24) is 10.3 Å². The second kappa shape index (κ2) is 8.45. The van der Waals surface area contributed by atoms with Gasteiger partial charge in [0.15, 0.2) is 5.13 Å². The van der Waals surface area contributed by atoms with E-state index in [4.69, 9.17) is 4.74 Å². The van der Waals surface area contributed by atoms with Crippen molar-refractivity contribution in [2.24, 2.45) is 11.8 Å². The molecule has 1 saturated heterocycles. The second-order valence-electron chi connectivity index (χ2n) is 6.00. The molecule has 0 amide bonds. The first kappa shape index (κ1) is 17.2. The Bertz CT molecular complexity index is 472. The molecular formula is C15H25N3O3S. The number of ether oxygens (including phenoxy) is 1. The first-order chi connectivity index (χ1) is 10.6. The lowest BCUT2D eigenvalue weighted by Crippen LogP contribution is -2.36.